The molecule has 1 unspecified atom stereocenters. The number of rotatable bonds is 8. The van der Waals surface area contributed by atoms with Crippen LogP contribution >= 0.6 is 11.3 Å². The van der Waals surface area contributed by atoms with E-state index in [1.165, 1.54) is 12.3 Å². The quantitative estimate of drug-likeness (QED) is 0.622. The third-order valence-corrected chi connectivity index (χ3v) is 4.91. The van der Waals surface area contributed by atoms with E-state index in [1.807, 2.05) is 0 Å². The minimum atomic E-state index is -3.47. The van der Waals surface area contributed by atoms with Crippen molar-refractivity contribution in [2.24, 2.45) is 0 Å². The Balaban J connectivity index is 2.51. The first kappa shape index (κ1) is 17.5. The predicted octanol–water partition coefficient (Wildman–Crippen LogP) is 0.175. The number of hydrogen-bond acceptors (Lipinski definition) is 6. The molecule has 0 saturated heterocycles. The van der Waals surface area contributed by atoms with Gasteiger partial charge in [0.1, 0.15) is 5.01 Å². The molecule has 3 N–H and O–H groups in total. The largest absolute Gasteiger partial charge is 0.476 e. The van der Waals surface area contributed by atoms with Crippen LogP contribution in [0.1, 0.15) is 35.8 Å². The maximum Gasteiger partial charge on any atom is 0.355 e. The summed E-state index contributed by atoms with van der Waals surface area (Å²) in [7, 11) is -3.47. The van der Waals surface area contributed by atoms with E-state index in [0.717, 1.165) is 11.3 Å². The van der Waals surface area contributed by atoms with Crippen LogP contribution < -0.4 is 10.0 Å². The maximum absolute atomic E-state index is 11.8. The van der Waals surface area contributed by atoms with Gasteiger partial charge in [-0.05, 0) is 13.3 Å². The summed E-state index contributed by atoms with van der Waals surface area (Å²) < 4.78 is 25.3. The van der Waals surface area contributed by atoms with Crippen LogP contribution in [-0.2, 0) is 21.4 Å². The molecule has 1 heterocycles. The van der Waals surface area contributed by atoms with Gasteiger partial charge in [0.25, 0.3) is 0 Å². The van der Waals surface area contributed by atoms with Gasteiger partial charge >= 0.3 is 5.97 Å². The van der Waals surface area contributed by atoms with Crippen molar-refractivity contribution in [3.63, 3.8) is 0 Å². The van der Waals surface area contributed by atoms with Crippen molar-refractivity contribution in [2.45, 2.75) is 32.9 Å². The van der Waals surface area contributed by atoms with Crippen LogP contribution in [0.5, 0.6) is 0 Å². The fraction of sp³-hybridized carbons (Fsp3) is 0.545. The molecule has 0 fully saturated rings. The maximum atomic E-state index is 11.8. The summed E-state index contributed by atoms with van der Waals surface area (Å²) in [6.07, 6.45) is 0.459. The van der Waals surface area contributed by atoms with Gasteiger partial charge in [0.05, 0.1) is 18.3 Å². The molecule has 21 heavy (non-hydrogen) atoms. The zero-order chi connectivity index (χ0) is 16.0. The van der Waals surface area contributed by atoms with Gasteiger partial charge in [-0.3, -0.25) is 4.79 Å². The molecule has 1 atom stereocenters. The third kappa shape index (κ3) is 5.78. The highest BCUT2D eigenvalue weighted by Gasteiger charge is 2.19. The molecule has 0 aliphatic carbocycles. The summed E-state index contributed by atoms with van der Waals surface area (Å²) in [4.78, 5) is 26.2. The van der Waals surface area contributed by atoms with E-state index in [1.54, 1.807) is 6.92 Å². The number of nitrogens with zero attached hydrogens (tertiary/aromatic N) is 1. The monoisotopic (exact) mass is 335 g/mol. The normalized spacial score (nSPS) is 12.9. The summed E-state index contributed by atoms with van der Waals surface area (Å²) in [5, 5.41) is 13.0. The van der Waals surface area contributed by atoms with Crippen LogP contribution in [-0.4, -0.2) is 42.2 Å². The van der Waals surface area contributed by atoms with Crippen molar-refractivity contribution in [1.29, 1.82) is 0 Å². The molecule has 0 saturated carbocycles. The Morgan fingerprint density at radius 2 is 2.14 bits per heavy atom. The van der Waals surface area contributed by atoms with Crippen molar-refractivity contribution >= 4 is 33.2 Å². The zero-order valence-electron chi connectivity index (χ0n) is 11.6. The van der Waals surface area contributed by atoms with E-state index >= 15 is 0 Å². The molecule has 0 aliphatic rings. The number of hydrogen-bond donors (Lipinski definition) is 3. The van der Waals surface area contributed by atoms with Crippen LogP contribution in [0.25, 0.3) is 0 Å². The lowest BCUT2D eigenvalue weighted by Gasteiger charge is -2.13. The lowest BCUT2D eigenvalue weighted by molar-refractivity contribution is -0.122. The predicted molar refractivity (Wildman–Crippen MR) is 77.6 cm³/mol. The van der Waals surface area contributed by atoms with Crippen LogP contribution in [0.2, 0.25) is 0 Å². The average molecular weight is 335 g/mol. The van der Waals surface area contributed by atoms with Gasteiger partial charge in [0.15, 0.2) is 5.69 Å². The standard InChI is InChI=1S/C11H17N3O5S2/c1-3-4-21(18,19)14-7(2)10(15)12-5-9-13-8(6-20-9)11(16)17/h6-7,14H,3-5H2,1-2H3,(H,12,15)(H,16,17). The zero-order valence-corrected chi connectivity index (χ0v) is 13.3. The minimum Gasteiger partial charge on any atom is -0.476 e. The summed E-state index contributed by atoms with van der Waals surface area (Å²) in [5.74, 6) is -1.68. The number of carbonyl (C=O) groups excluding carboxylic acids is 1. The van der Waals surface area contributed by atoms with Crippen molar-refractivity contribution in [2.75, 3.05) is 5.75 Å². The van der Waals surface area contributed by atoms with Crippen LogP contribution in [0.3, 0.4) is 0 Å². The van der Waals surface area contributed by atoms with Gasteiger partial charge in [-0.2, -0.15) is 0 Å². The number of carboxylic acids is 1. The molecule has 8 nitrogen and oxygen atoms in total. The molecule has 0 bridgehead atoms. The van der Waals surface area contributed by atoms with Crippen LogP contribution in [0.15, 0.2) is 5.38 Å². The average Bonchev–Trinajstić information content (AvgIpc) is 2.84. The lowest BCUT2D eigenvalue weighted by atomic mass is 10.3. The van der Waals surface area contributed by atoms with Crippen molar-refractivity contribution < 1.29 is 23.1 Å². The Hall–Kier alpha value is -1.52. The van der Waals surface area contributed by atoms with Crippen molar-refractivity contribution in [1.82, 2.24) is 15.0 Å². The first-order valence-corrected chi connectivity index (χ1v) is 8.73. The first-order valence-electron chi connectivity index (χ1n) is 6.20. The number of aromatic carboxylic acids is 1. The van der Waals surface area contributed by atoms with Crippen LogP contribution in [0, 0.1) is 0 Å². The molecule has 118 valence electrons. The Morgan fingerprint density at radius 3 is 2.67 bits per heavy atom. The summed E-state index contributed by atoms with van der Waals surface area (Å²) in [6.45, 7) is 3.22. The van der Waals surface area contributed by atoms with E-state index in [0.29, 0.717) is 11.4 Å². The Bertz CT molecular complexity index is 611. The van der Waals surface area contributed by atoms with Gasteiger partial charge in [-0.25, -0.2) is 22.9 Å². The molecule has 1 aromatic heterocycles. The van der Waals surface area contributed by atoms with Crippen molar-refractivity contribution in [3.05, 3.63) is 16.1 Å². The second-order valence-corrected chi connectivity index (χ2v) is 7.12. The molecule has 1 amide bonds. The molecule has 1 aromatic rings. The lowest BCUT2D eigenvalue weighted by Crippen LogP contribution is -2.45. The van der Waals surface area contributed by atoms with Gasteiger partial charge in [-0.15, -0.1) is 11.3 Å². The second kappa shape index (κ2) is 7.48. The molecule has 0 radical (unpaired) electrons. The van der Waals surface area contributed by atoms with Gasteiger partial charge in [-0.1, -0.05) is 6.92 Å². The molecule has 10 heteroatoms. The third-order valence-electron chi connectivity index (χ3n) is 2.41. The number of carbonyl (C=O) groups is 2. The Morgan fingerprint density at radius 1 is 1.48 bits per heavy atom. The molecule has 0 aromatic carbocycles. The fourth-order valence-corrected chi connectivity index (χ4v) is 3.47. The number of thiazole rings is 1. The summed E-state index contributed by atoms with van der Waals surface area (Å²) in [6, 6.07) is -0.902. The highest BCUT2D eigenvalue weighted by atomic mass is 32.2. The van der Waals surface area contributed by atoms with Gasteiger partial charge in [0, 0.05) is 5.38 Å². The molecular formula is C11H17N3O5S2. The highest BCUT2D eigenvalue weighted by molar-refractivity contribution is 7.89. The Labute approximate surface area is 126 Å². The van der Waals surface area contributed by atoms with E-state index in [2.05, 4.69) is 15.0 Å². The number of sulfonamides is 1. The molecule has 1 rings (SSSR count). The smallest absolute Gasteiger partial charge is 0.355 e. The van der Waals surface area contributed by atoms with E-state index < -0.39 is 27.9 Å². The Kier molecular flexibility index (Phi) is 6.24. The molecular weight excluding hydrogens is 318 g/mol. The van der Waals surface area contributed by atoms with Crippen molar-refractivity contribution in [3.8, 4) is 0 Å². The number of aromatic nitrogens is 1. The highest BCUT2D eigenvalue weighted by Crippen LogP contribution is 2.09. The molecule has 0 spiro atoms. The number of amides is 1. The summed E-state index contributed by atoms with van der Waals surface area (Å²) in [5.41, 5.74) is -0.0825. The summed E-state index contributed by atoms with van der Waals surface area (Å²) >= 11 is 1.11. The fourth-order valence-electron chi connectivity index (χ4n) is 1.46. The first-order chi connectivity index (χ1) is 9.75. The van der Waals surface area contributed by atoms with Crippen LogP contribution in [0.4, 0.5) is 0 Å². The van der Waals surface area contributed by atoms with E-state index in [4.69, 9.17) is 5.11 Å². The number of carboxylic acid groups (broad SMARTS) is 1. The number of nitrogens with one attached hydrogen (secondary N) is 2. The molecule has 0 aliphatic heterocycles. The SMILES string of the molecule is CCCS(=O)(=O)NC(C)C(=O)NCc1nc(C(=O)O)cs1. The topological polar surface area (TPSA) is 125 Å². The van der Waals surface area contributed by atoms with E-state index in [9.17, 15) is 18.0 Å². The van der Waals surface area contributed by atoms with Gasteiger partial charge in [0.2, 0.25) is 15.9 Å². The second-order valence-electron chi connectivity index (χ2n) is 4.31. The van der Waals surface area contributed by atoms with E-state index in [-0.39, 0.29) is 18.0 Å². The van der Waals surface area contributed by atoms with Gasteiger partial charge < -0.3 is 10.4 Å². The minimum absolute atomic E-state index is 0.0426.